The highest BCUT2D eigenvalue weighted by molar-refractivity contribution is 9.13. The average molecular weight is 627 g/mol. The first-order valence-electron chi connectivity index (χ1n) is 5.62. The van der Waals surface area contributed by atoms with Gasteiger partial charge in [-0.05, 0) is 96.8 Å². The zero-order valence-corrected chi connectivity index (χ0v) is 18.4. The van der Waals surface area contributed by atoms with E-state index in [4.69, 9.17) is 0 Å². The van der Waals surface area contributed by atoms with Crippen LogP contribution in [0, 0.1) is 0 Å². The summed E-state index contributed by atoms with van der Waals surface area (Å²) in [6.07, 6.45) is 0.306. The first-order chi connectivity index (χ1) is 10.2. The molecule has 22 heavy (non-hydrogen) atoms. The lowest BCUT2D eigenvalue weighted by molar-refractivity contribution is 0.398. The van der Waals surface area contributed by atoms with Crippen LogP contribution in [0.2, 0.25) is 0 Å². The van der Waals surface area contributed by atoms with E-state index in [0.29, 0.717) is 39.9 Å². The van der Waals surface area contributed by atoms with Crippen molar-refractivity contribution in [1.82, 2.24) is 0 Å². The predicted molar refractivity (Wildman–Crippen MR) is 101 cm³/mol. The molecule has 0 unspecified atom stereocenters. The van der Waals surface area contributed by atoms with Crippen LogP contribution >= 0.6 is 79.6 Å². The molecule has 0 bridgehead atoms. The highest BCUT2D eigenvalue weighted by Gasteiger charge is 2.22. The Kier molecular flexibility index (Phi) is 5.75. The van der Waals surface area contributed by atoms with Crippen molar-refractivity contribution in [3.8, 4) is 23.0 Å². The second-order valence-corrected chi connectivity index (χ2v) is 8.29. The molecule has 9 heteroatoms. The smallest absolute Gasteiger partial charge is 0.174 e. The summed E-state index contributed by atoms with van der Waals surface area (Å²) in [5.74, 6) is -1.09. The van der Waals surface area contributed by atoms with E-state index in [2.05, 4.69) is 79.6 Å². The summed E-state index contributed by atoms with van der Waals surface area (Å²) in [6.45, 7) is 0. The summed E-state index contributed by atoms with van der Waals surface area (Å²) in [5, 5.41) is 39.2. The Labute approximate surface area is 167 Å². The lowest BCUT2D eigenvalue weighted by Gasteiger charge is -2.15. The number of aromatic hydroxyl groups is 4. The molecule has 4 nitrogen and oxygen atoms in total. The number of benzene rings is 2. The van der Waals surface area contributed by atoms with E-state index in [1.54, 1.807) is 0 Å². The Morgan fingerprint density at radius 2 is 1.14 bits per heavy atom. The van der Waals surface area contributed by atoms with Crippen LogP contribution in [0.15, 0.2) is 28.4 Å². The van der Waals surface area contributed by atoms with Gasteiger partial charge in [-0.15, -0.1) is 0 Å². The van der Waals surface area contributed by atoms with Crippen LogP contribution in [0.1, 0.15) is 11.1 Å². The van der Waals surface area contributed by atoms with Gasteiger partial charge in [-0.2, -0.15) is 0 Å². The van der Waals surface area contributed by atoms with Crippen molar-refractivity contribution in [3.05, 3.63) is 39.6 Å². The van der Waals surface area contributed by atoms with E-state index in [1.807, 2.05) is 0 Å². The van der Waals surface area contributed by atoms with Gasteiger partial charge in [-0.25, -0.2) is 0 Å². The molecule has 0 aliphatic heterocycles. The molecule has 2 rings (SSSR count). The number of phenolic OH excluding ortho intramolecular Hbond substituents is 4. The van der Waals surface area contributed by atoms with Crippen molar-refractivity contribution >= 4 is 79.6 Å². The number of phenols is 4. The first kappa shape index (κ1) is 18.4. The van der Waals surface area contributed by atoms with Gasteiger partial charge < -0.3 is 20.4 Å². The lowest BCUT2D eigenvalue weighted by Crippen LogP contribution is -1.96. The fourth-order valence-corrected chi connectivity index (χ4v) is 4.46. The van der Waals surface area contributed by atoms with Crippen LogP contribution in [0.25, 0.3) is 0 Å². The Morgan fingerprint density at radius 3 is 1.73 bits per heavy atom. The van der Waals surface area contributed by atoms with Gasteiger partial charge >= 0.3 is 0 Å². The molecule has 0 radical (unpaired) electrons. The fourth-order valence-electron chi connectivity index (χ4n) is 1.81. The van der Waals surface area contributed by atoms with E-state index in [1.165, 1.54) is 6.07 Å². The number of hydrogen-bond donors (Lipinski definition) is 4. The van der Waals surface area contributed by atoms with E-state index < -0.39 is 0 Å². The topological polar surface area (TPSA) is 80.9 Å². The van der Waals surface area contributed by atoms with Gasteiger partial charge in [0.2, 0.25) is 0 Å². The first-order valence-corrected chi connectivity index (χ1v) is 9.59. The minimum absolute atomic E-state index is 0.261. The third kappa shape index (κ3) is 3.15. The summed E-state index contributed by atoms with van der Waals surface area (Å²) >= 11 is 16.4. The number of rotatable bonds is 2. The quantitative estimate of drug-likeness (QED) is 0.247. The Hall–Kier alpha value is 0.0400. The van der Waals surface area contributed by atoms with Gasteiger partial charge in [0.1, 0.15) is 0 Å². The van der Waals surface area contributed by atoms with Crippen molar-refractivity contribution in [2.24, 2.45) is 0 Å². The molecule has 118 valence electrons. The largest absolute Gasteiger partial charge is 0.504 e. The highest BCUT2D eigenvalue weighted by atomic mass is 79.9. The lowest BCUT2D eigenvalue weighted by atomic mass is 10.0. The van der Waals surface area contributed by atoms with Crippen molar-refractivity contribution in [2.75, 3.05) is 0 Å². The minimum atomic E-state index is -0.289. The zero-order chi connectivity index (χ0) is 16.8. The summed E-state index contributed by atoms with van der Waals surface area (Å²) < 4.78 is 2.12. The maximum atomic E-state index is 9.93. The molecule has 0 saturated carbocycles. The van der Waals surface area contributed by atoms with E-state index >= 15 is 0 Å². The number of hydrogen-bond acceptors (Lipinski definition) is 4. The van der Waals surface area contributed by atoms with Gasteiger partial charge in [-0.3, -0.25) is 0 Å². The van der Waals surface area contributed by atoms with Gasteiger partial charge in [0, 0.05) is 15.4 Å². The molecule has 0 saturated heterocycles. The summed E-state index contributed by atoms with van der Waals surface area (Å²) in [7, 11) is 0. The van der Waals surface area contributed by atoms with Crippen molar-refractivity contribution in [1.29, 1.82) is 0 Å². The maximum Gasteiger partial charge on any atom is 0.174 e. The van der Waals surface area contributed by atoms with Crippen LogP contribution in [0.3, 0.4) is 0 Å². The maximum absolute atomic E-state index is 9.93. The van der Waals surface area contributed by atoms with Crippen molar-refractivity contribution < 1.29 is 20.4 Å². The highest BCUT2D eigenvalue weighted by Crippen LogP contribution is 2.49. The Balaban J connectivity index is 2.63. The van der Waals surface area contributed by atoms with Gasteiger partial charge in [0.05, 0.1) is 13.4 Å². The average Bonchev–Trinajstić information content (AvgIpc) is 2.50. The van der Waals surface area contributed by atoms with Crippen LogP contribution in [0.5, 0.6) is 23.0 Å². The van der Waals surface area contributed by atoms with Gasteiger partial charge in [-0.1, -0.05) is 0 Å². The second-order valence-electron chi connectivity index (χ2n) is 4.33. The summed E-state index contributed by atoms with van der Waals surface area (Å²) in [6, 6.07) is 1.42. The zero-order valence-electron chi connectivity index (χ0n) is 10.5. The molecule has 0 heterocycles. The van der Waals surface area contributed by atoms with E-state index in [0.717, 1.165) is 0 Å². The normalized spacial score (nSPS) is 11.0. The third-order valence-corrected chi connectivity index (χ3v) is 8.21. The monoisotopic (exact) mass is 622 g/mol. The van der Waals surface area contributed by atoms with Crippen LogP contribution < -0.4 is 0 Å². The molecule has 4 N–H and O–H groups in total. The molecule has 0 atom stereocenters. The SMILES string of the molecule is Oc1cc(Cc2c(Br)c(O)c(O)c(Br)c2Br)c(Br)c(Br)c1O. The van der Waals surface area contributed by atoms with Crippen molar-refractivity contribution in [3.63, 3.8) is 0 Å². The third-order valence-electron chi connectivity index (χ3n) is 2.97. The molecule has 0 spiro atoms. The Morgan fingerprint density at radius 1 is 0.636 bits per heavy atom. The summed E-state index contributed by atoms with van der Waals surface area (Å²) in [4.78, 5) is 0. The fraction of sp³-hybridized carbons (Fsp3) is 0.0769. The molecule has 2 aromatic carbocycles. The van der Waals surface area contributed by atoms with Crippen LogP contribution in [-0.2, 0) is 6.42 Å². The van der Waals surface area contributed by atoms with Gasteiger partial charge in [0.15, 0.2) is 23.0 Å². The van der Waals surface area contributed by atoms with Crippen LogP contribution in [0.4, 0.5) is 0 Å². The number of halogens is 5. The van der Waals surface area contributed by atoms with E-state index in [9.17, 15) is 20.4 Å². The molecular weight excluding hydrogens is 620 g/mol. The Bertz CT molecular complexity index is 747. The van der Waals surface area contributed by atoms with Crippen molar-refractivity contribution in [2.45, 2.75) is 6.42 Å². The molecule has 0 amide bonds. The molecule has 2 aromatic rings. The van der Waals surface area contributed by atoms with E-state index in [-0.39, 0.29) is 23.0 Å². The molecule has 0 aromatic heterocycles. The second kappa shape index (κ2) is 6.88. The molecule has 0 fully saturated rings. The predicted octanol–water partition coefficient (Wildman–Crippen LogP) is 5.91. The molecule has 0 aliphatic rings. The minimum Gasteiger partial charge on any atom is -0.504 e. The molecular formula is C13H7Br5O4. The van der Waals surface area contributed by atoms with Gasteiger partial charge in [0.25, 0.3) is 0 Å². The van der Waals surface area contributed by atoms with Crippen LogP contribution in [-0.4, -0.2) is 20.4 Å². The molecule has 0 aliphatic carbocycles. The summed E-state index contributed by atoms with van der Waals surface area (Å²) in [5.41, 5.74) is 1.32. The standard InChI is InChI=1S/C13H7Br5O4/c14-6-3(2-5(19)11(20)9(6)17)1-4-7(15)10(18)13(22)12(21)8(4)16/h2,19-22H,1H2.